The van der Waals surface area contributed by atoms with E-state index >= 15 is 0 Å². The van der Waals surface area contributed by atoms with Crippen molar-refractivity contribution in [3.05, 3.63) is 26.1 Å². The molecule has 0 unspecified atom stereocenters. The van der Waals surface area contributed by atoms with Crippen molar-refractivity contribution < 1.29 is 14.3 Å². The highest BCUT2D eigenvalue weighted by Gasteiger charge is 2.09. The van der Waals surface area contributed by atoms with Gasteiger partial charge < -0.3 is 19.6 Å². The van der Waals surface area contributed by atoms with Gasteiger partial charge >= 0.3 is 0 Å². The Balaban J connectivity index is 2.05. The minimum absolute atomic E-state index is 0.00287. The summed E-state index contributed by atoms with van der Waals surface area (Å²) in [6.07, 6.45) is 0. The lowest BCUT2D eigenvalue weighted by molar-refractivity contribution is 0.0990. The average Bonchev–Trinajstić information content (AvgIpc) is 2.72. The van der Waals surface area contributed by atoms with Crippen molar-refractivity contribution in [2.24, 2.45) is 0 Å². The van der Waals surface area contributed by atoms with E-state index in [0.29, 0.717) is 35.9 Å². The monoisotopic (exact) mass is 333 g/mol. The maximum Gasteiger partial charge on any atom is 0.204 e. The Labute approximate surface area is 116 Å². The summed E-state index contributed by atoms with van der Waals surface area (Å²) in [5.41, 5.74) is 0.497. The third-order valence-corrected chi connectivity index (χ3v) is 4.05. The zero-order chi connectivity index (χ0) is 13.0. The van der Waals surface area contributed by atoms with Crippen LogP contribution >= 0.6 is 27.3 Å². The van der Waals surface area contributed by atoms with Crippen LogP contribution in [0.5, 0.6) is 0 Å². The fourth-order valence-corrected chi connectivity index (χ4v) is 2.87. The van der Waals surface area contributed by atoms with Gasteiger partial charge in [0.2, 0.25) is 5.43 Å². The SMILES string of the molecule is O=c1cc(NCCOCCO)oc2c(Br)csc12. The van der Waals surface area contributed by atoms with E-state index in [9.17, 15) is 4.79 Å². The van der Waals surface area contributed by atoms with Gasteiger partial charge in [-0.2, -0.15) is 0 Å². The van der Waals surface area contributed by atoms with Crippen LogP contribution in [0.4, 0.5) is 5.88 Å². The lowest BCUT2D eigenvalue weighted by Crippen LogP contribution is -2.12. The van der Waals surface area contributed by atoms with Gasteiger partial charge in [-0.15, -0.1) is 11.3 Å². The van der Waals surface area contributed by atoms with E-state index in [0.717, 1.165) is 4.47 Å². The summed E-state index contributed by atoms with van der Waals surface area (Å²) in [7, 11) is 0. The molecule has 7 heteroatoms. The van der Waals surface area contributed by atoms with Crippen LogP contribution in [0.3, 0.4) is 0 Å². The fourth-order valence-electron chi connectivity index (χ4n) is 1.42. The van der Waals surface area contributed by atoms with Gasteiger partial charge in [0, 0.05) is 18.0 Å². The van der Waals surface area contributed by atoms with E-state index in [-0.39, 0.29) is 12.0 Å². The Morgan fingerprint density at radius 2 is 2.33 bits per heavy atom. The number of thiophene rings is 1. The molecule has 0 fully saturated rings. The third-order valence-electron chi connectivity index (χ3n) is 2.18. The normalized spacial score (nSPS) is 11.0. The number of aliphatic hydroxyl groups excluding tert-OH is 1. The van der Waals surface area contributed by atoms with Crippen LogP contribution in [0, 0.1) is 0 Å². The van der Waals surface area contributed by atoms with Gasteiger partial charge in [0.15, 0.2) is 11.5 Å². The molecular weight excluding hydrogens is 322 g/mol. The van der Waals surface area contributed by atoms with Gasteiger partial charge in [0.25, 0.3) is 0 Å². The Kier molecular flexibility index (Phi) is 4.76. The first-order valence-electron chi connectivity index (χ1n) is 5.35. The molecule has 0 saturated heterocycles. The second kappa shape index (κ2) is 6.33. The number of ether oxygens (including phenoxy) is 1. The largest absolute Gasteiger partial charge is 0.438 e. The number of hydrogen-bond donors (Lipinski definition) is 2. The van der Waals surface area contributed by atoms with Gasteiger partial charge in [-0.3, -0.25) is 4.79 Å². The minimum Gasteiger partial charge on any atom is -0.438 e. The molecule has 2 N–H and O–H groups in total. The Morgan fingerprint density at radius 3 is 3.11 bits per heavy atom. The summed E-state index contributed by atoms with van der Waals surface area (Å²) in [6, 6.07) is 1.43. The first-order valence-corrected chi connectivity index (χ1v) is 7.03. The summed E-state index contributed by atoms with van der Waals surface area (Å²) in [6.45, 7) is 1.26. The molecule has 0 aliphatic rings. The molecule has 0 aliphatic heterocycles. The van der Waals surface area contributed by atoms with E-state index < -0.39 is 0 Å². The van der Waals surface area contributed by atoms with E-state index in [4.69, 9.17) is 14.3 Å². The van der Waals surface area contributed by atoms with Crippen LogP contribution in [-0.2, 0) is 4.74 Å². The van der Waals surface area contributed by atoms with Crippen LogP contribution in [-0.4, -0.2) is 31.5 Å². The Morgan fingerprint density at radius 1 is 1.50 bits per heavy atom. The number of aliphatic hydroxyl groups is 1. The van der Waals surface area contributed by atoms with Gasteiger partial charge in [-0.25, -0.2) is 0 Å². The van der Waals surface area contributed by atoms with Gasteiger partial charge in [-0.05, 0) is 15.9 Å². The molecule has 2 heterocycles. The van der Waals surface area contributed by atoms with Crippen LogP contribution in [0.1, 0.15) is 0 Å². The molecule has 5 nitrogen and oxygen atoms in total. The summed E-state index contributed by atoms with van der Waals surface area (Å²) in [5.74, 6) is 0.416. The molecule has 0 spiro atoms. The van der Waals surface area contributed by atoms with Gasteiger partial charge in [0.1, 0.15) is 4.70 Å². The average molecular weight is 334 g/mol. The molecule has 0 aromatic carbocycles. The fraction of sp³-hybridized carbons (Fsp3) is 0.364. The maximum atomic E-state index is 11.8. The number of rotatable bonds is 6. The molecule has 0 saturated carbocycles. The number of hydrogen-bond acceptors (Lipinski definition) is 6. The molecule has 98 valence electrons. The van der Waals surface area contributed by atoms with Crippen LogP contribution in [0.15, 0.2) is 25.1 Å². The number of anilines is 1. The molecule has 2 aromatic heterocycles. The Bertz CT molecular complexity index is 580. The lowest BCUT2D eigenvalue weighted by Gasteiger charge is -2.05. The van der Waals surface area contributed by atoms with Crippen molar-refractivity contribution in [2.75, 3.05) is 31.7 Å². The van der Waals surface area contributed by atoms with Crippen molar-refractivity contribution in [2.45, 2.75) is 0 Å². The topological polar surface area (TPSA) is 71.7 Å². The van der Waals surface area contributed by atoms with Crippen molar-refractivity contribution in [1.82, 2.24) is 0 Å². The summed E-state index contributed by atoms with van der Waals surface area (Å²) in [5, 5.41) is 13.3. The maximum absolute atomic E-state index is 11.8. The Hall–Kier alpha value is -0.890. The predicted octanol–water partition coefficient (Wildman–Crippen LogP) is 2.04. The first kappa shape index (κ1) is 13.5. The van der Waals surface area contributed by atoms with Crippen molar-refractivity contribution in [1.29, 1.82) is 0 Å². The molecule has 0 atom stereocenters. The first-order chi connectivity index (χ1) is 8.72. The highest BCUT2D eigenvalue weighted by atomic mass is 79.9. The summed E-state index contributed by atoms with van der Waals surface area (Å²) >= 11 is 4.69. The van der Waals surface area contributed by atoms with Crippen LogP contribution < -0.4 is 10.7 Å². The van der Waals surface area contributed by atoms with E-state index in [1.165, 1.54) is 17.4 Å². The van der Waals surface area contributed by atoms with Gasteiger partial charge in [-0.1, -0.05) is 0 Å². The predicted molar refractivity (Wildman–Crippen MR) is 74.5 cm³/mol. The smallest absolute Gasteiger partial charge is 0.204 e. The molecule has 18 heavy (non-hydrogen) atoms. The number of nitrogens with one attached hydrogen (secondary N) is 1. The van der Waals surface area contributed by atoms with E-state index in [2.05, 4.69) is 21.2 Å². The van der Waals surface area contributed by atoms with Crippen LogP contribution in [0.2, 0.25) is 0 Å². The van der Waals surface area contributed by atoms with Gasteiger partial charge in [0.05, 0.1) is 24.3 Å². The second-order valence-corrected chi connectivity index (χ2v) is 5.21. The summed E-state index contributed by atoms with van der Waals surface area (Å²) < 4.78 is 12.0. The zero-order valence-electron chi connectivity index (χ0n) is 9.44. The number of fused-ring (bicyclic) bond motifs is 1. The van der Waals surface area contributed by atoms with E-state index in [1.54, 1.807) is 0 Å². The zero-order valence-corrected chi connectivity index (χ0v) is 11.8. The van der Waals surface area contributed by atoms with Crippen molar-refractivity contribution in [3.63, 3.8) is 0 Å². The van der Waals surface area contributed by atoms with E-state index in [1.807, 2.05) is 5.38 Å². The third kappa shape index (κ3) is 3.11. The van der Waals surface area contributed by atoms with Crippen molar-refractivity contribution in [3.8, 4) is 0 Å². The quantitative estimate of drug-likeness (QED) is 0.791. The number of halogens is 1. The highest BCUT2D eigenvalue weighted by Crippen LogP contribution is 2.29. The summed E-state index contributed by atoms with van der Waals surface area (Å²) in [4.78, 5) is 11.8. The molecular formula is C11H12BrNO4S. The minimum atomic E-state index is -0.0641. The molecule has 0 aliphatic carbocycles. The molecule has 0 amide bonds. The van der Waals surface area contributed by atoms with Crippen LogP contribution in [0.25, 0.3) is 10.3 Å². The standard InChI is InChI=1S/C11H12BrNO4S/c12-7-6-18-11-8(15)5-9(17-10(7)11)13-1-3-16-4-2-14/h5-6,13-14H,1-4H2. The molecule has 0 radical (unpaired) electrons. The lowest BCUT2D eigenvalue weighted by atomic mass is 10.4. The molecule has 2 aromatic rings. The van der Waals surface area contributed by atoms with Crippen molar-refractivity contribution >= 4 is 43.4 Å². The highest BCUT2D eigenvalue weighted by molar-refractivity contribution is 9.10. The second-order valence-electron chi connectivity index (χ2n) is 3.48. The molecule has 0 bridgehead atoms. The molecule has 2 rings (SSSR count).